The second-order valence-electron chi connectivity index (χ2n) is 4.56. The molecule has 1 heterocycles. The van der Waals surface area contributed by atoms with Crippen molar-refractivity contribution in [1.29, 1.82) is 0 Å². The molecular weight excluding hydrogens is 162 g/mol. The summed E-state index contributed by atoms with van der Waals surface area (Å²) in [6, 6.07) is 0. The van der Waals surface area contributed by atoms with Gasteiger partial charge in [-0.2, -0.15) is 0 Å². The van der Waals surface area contributed by atoms with Crippen LogP contribution in [0.25, 0.3) is 0 Å². The Labute approximate surface area is 81.9 Å². The summed E-state index contributed by atoms with van der Waals surface area (Å²) in [5.41, 5.74) is 0.410. The van der Waals surface area contributed by atoms with E-state index in [0.717, 1.165) is 12.8 Å². The van der Waals surface area contributed by atoms with Crippen LogP contribution in [0.5, 0.6) is 0 Å². The highest BCUT2D eigenvalue weighted by Gasteiger charge is 2.30. The van der Waals surface area contributed by atoms with Crippen LogP contribution < -0.4 is 0 Å². The van der Waals surface area contributed by atoms with E-state index in [0.29, 0.717) is 12.1 Å². The first-order chi connectivity index (χ1) is 6.19. The van der Waals surface area contributed by atoms with Crippen molar-refractivity contribution in [2.24, 2.45) is 0 Å². The van der Waals surface area contributed by atoms with Crippen molar-refractivity contribution >= 4 is 0 Å². The predicted molar refractivity (Wildman–Crippen MR) is 55.8 cm³/mol. The zero-order valence-corrected chi connectivity index (χ0v) is 9.05. The molecule has 1 N–H and O–H groups in total. The number of likely N-dealkylation sites (tertiary alicyclic amines) is 1. The Morgan fingerprint density at radius 2 is 2.08 bits per heavy atom. The summed E-state index contributed by atoms with van der Waals surface area (Å²) >= 11 is 0. The van der Waals surface area contributed by atoms with Crippen LogP contribution in [0.15, 0.2) is 0 Å². The third-order valence-corrected chi connectivity index (χ3v) is 3.50. The van der Waals surface area contributed by atoms with Crippen LogP contribution in [0, 0.1) is 0 Å². The number of hydrogen-bond acceptors (Lipinski definition) is 2. The molecule has 1 rings (SSSR count). The molecule has 1 aliphatic heterocycles. The van der Waals surface area contributed by atoms with Gasteiger partial charge in [-0.05, 0) is 52.6 Å². The van der Waals surface area contributed by atoms with Crippen LogP contribution in [0.1, 0.15) is 45.4 Å². The number of unbranched alkanes of at least 4 members (excludes halogenated alkanes) is 1. The molecule has 1 saturated heterocycles. The van der Waals surface area contributed by atoms with E-state index in [1.807, 2.05) is 0 Å². The van der Waals surface area contributed by atoms with Crippen molar-refractivity contribution in [2.75, 3.05) is 20.2 Å². The summed E-state index contributed by atoms with van der Waals surface area (Å²) < 4.78 is 0. The van der Waals surface area contributed by atoms with Gasteiger partial charge < -0.3 is 10.0 Å². The molecule has 2 heteroatoms. The Morgan fingerprint density at radius 1 is 1.31 bits per heavy atom. The molecule has 2 nitrogen and oxygen atoms in total. The van der Waals surface area contributed by atoms with Gasteiger partial charge in [-0.1, -0.05) is 6.42 Å². The number of hydrogen-bond donors (Lipinski definition) is 1. The first-order valence-corrected chi connectivity index (χ1v) is 5.51. The monoisotopic (exact) mass is 185 g/mol. The topological polar surface area (TPSA) is 23.5 Å². The first kappa shape index (κ1) is 11.0. The molecule has 0 saturated carbocycles. The van der Waals surface area contributed by atoms with E-state index in [1.54, 1.807) is 0 Å². The predicted octanol–water partition coefficient (Wildman–Crippen LogP) is 2.02. The molecule has 1 unspecified atom stereocenters. The maximum Gasteiger partial charge on any atom is 0.0431 e. The molecule has 0 bridgehead atoms. The van der Waals surface area contributed by atoms with Gasteiger partial charge in [0.2, 0.25) is 0 Å². The smallest absolute Gasteiger partial charge is 0.0431 e. The standard InChI is InChI=1S/C11H23NO/c1-11(8-4-6-10-13)7-3-5-9-12(11)2/h13H,3-10H2,1-2H3. The first-order valence-electron chi connectivity index (χ1n) is 5.51. The lowest BCUT2D eigenvalue weighted by Gasteiger charge is -2.43. The van der Waals surface area contributed by atoms with Gasteiger partial charge in [0.15, 0.2) is 0 Å². The van der Waals surface area contributed by atoms with Crippen molar-refractivity contribution in [1.82, 2.24) is 4.90 Å². The van der Waals surface area contributed by atoms with Crippen molar-refractivity contribution < 1.29 is 5.11 Å². The largest absolute Gasteiger partial charge is 0.396 e. The number of aliphatic hydroxyl groups excluding tert-OH is 1. The van der Waals surface area contributed by atoms with E-state index < -0.39 is 0 Å². The van der Waals surface area contributed by atoms with Gasteiger partial charge >= 0.3 is 0 Å². The molecule has 78 valence electrons. The lowest BCUT2D eigenvalue weighted by atomic mass is 9.84. The lowest BCUT2D eigenvalue weighted by molar-refractivity contribution is 0.0774. The Kier molecular flexibility index (Phi) is 4.20. The van der Waals surface area contributed by atoms with Gasteiger partial charge in [-0.25, -0.2) is 0 Å². The van der Waals surface area contributed by atoms with Gasteiger partial charge in [-0.15, -0.1) is 0 Å². The van der Waals surface area contributed by atoms with E-state index in [1.165, 1.54) is 32.2 Å². The molecule has 1 atom stereocenters. The zero-order valence-electron chi connectivity index (χ0n) is 9.05. The van der Waals surface area contributed by atoms with Crippen LogP contribution in [-0.2, 0) is 0 Å². The number of piperidine rings is 1. The second kappa shape index (κ2) is 4.97. The Balaban J connectivity index is 2.33. The van der Waals surface area contributed by atoms with Gasteiger partial charge in [0.1, 0.15) is 0 Å². The maximum absolute atomic E-state index is 8.73. The molecule has 1 aliphatic rings. The molecular formula is C11H23NO. The van der Waals surface area contributed by atoms with E-state index in [9.17, 15) is 0 Å². The minimum Gasteiger partial charge on any atom is -0.396 e. The highest BCUT2D eigenvalue weighted by Crippen LogP contribution is 2.30. The lowest BCUT2D eigenvalue weighted by Crippen LogP contribution is -2.47. The molecule has 0 aromatic carbocycles. The molecule has 0 aromatic rings. The SMILES string of the molecule is CN1CCCCC1(C)CCCCO. The van der Waals surface area contributed by atoms with E-state index in [-0.39, 0.29) is 0 Å². The van der Waals surface area contributed by atoms with Crippen LogP contribution in [0.2, 0.25) is 0 Å². The Morgan fingerprint density at radius 3 is 2.69 bits per heavy atom. The van der Waals surface area contributed by atoms with E-state index >= 15 is 0 Å². The van der Waals surface area contributed by atoms with E-state index in [2.05, 4.69) is 18.9 Å². The molecule has 0 radical (unpaired) electrons. The Bertz CT molecular complexity index is 149. The number of rotatable bonds is 4. The fourth-order valence-corrected chi connectivity index (χ4v) is 2.25. The highest BCUT2D eigenvalue weighted by molar-refractivity contribution is 4.87. The minimum atomic E-state index is 0.347. The molecule has 0 aromatic heterocycles. The molecule has 13 heavy (non-hydrogen) atoms. The van der Waals surface area contributed by atoms with Crippen molar-refractivity contribution in [3.8, 4) is 0 Å². The third-order valence-electron chi connectivity index (χ3n) is 3.50. The van der Waals surface area contributed by atoms with Crippen LogP contribution in [-0.4, -0.2) is 35.7 Å². The quantitative estimate of drug-likeness (QED) is 0.677. The maximum atomic E-state index is 8.73. The summed E-state index contributed by atoms with van der Waals surface area (Å²) in [5.74, 6) is 0. The van der Waals surface area contributed by atoms with Gasteiger partial charge in [0, 0.05) is 12.1 Å². The number of nitrogens with zero attached hydrogens (tertiary/aromatic N) is 1. The molecule has 0 amide bonds. The van der Waals surface area contributed by atoms with E-state index in [4.69, 9.17) is 5.11 Å². The summed E-state index contributed by atoms with van der Waals surface area (Å²) in [6.07, 6.45) is 7.42. The van der Waals surface area contributed by atoms with Crippen LogP contribution in [0.4, 0.5) is 0 Å². The highest BCUT2D eigenvalue weighted by atomic mass is 16.2. The summed E-state index contributed by atoms with van der Waals surface area (Å²) in [5, 5.41) is 8.73. The van der Waals surface area contributed by atoms with Crippen molar-refractivity contribution in [3.63, 3.8) is 0 Å². The van der Waals surface area contributed by atoms with Gasteiger partial charge in [0.05, 0.1) is 0 Å². The summed E-state index contributed by atoms with van der Waals surface area (Å²) in [6.45, 7) is 3.96. The normalized spacial score (nSPS) is 30.7. The van der Waals surface area contributed by atoms with Crippen molar-refractivity contribution in [2.45, 2.75) is 51.0 Å². The van der Waals surface area contributed by atoms with Crippen LogP contribution >= 0.6 is 0 Å². The van der Waals surface area contributed by atoms with Crippen molar-refractivity contribution in [3.05, 3.63) is 0 Å². The van der Waals surface area contributed by atoms with Gasteiger partial charge in [0.25, 0.3) is 0 Å². The number of aliphatic hydroxyl groups is 1. The zero-order chi connectivity index (χ0) is 9.73. The fraction of sp³-hybridized carbons (Fsp3) is 1.00. The Hall–Kier alpha value is -0.0800. The van der Waals surface area contributed by atoms with Gasteiger partial charge in [-0.3, -0.25) is 0 Å². The van der Waals surface area contributed by atoms with Crippen LogP contribution in [0.3, 0.4) is 0 Å². The molecule has 1 fully saturated rings. The third kappa shape index (κ3) is 2.96. The summed E-state index contributed by atoms with van der Waals surface area (Å²) in [4.78, 5) is 2.49. The fourth-order valence-electron chi connectivity index (χ4n) is 2.25. The molecule has 0 aliphatic carbocycles. The average molecular weight is 185 g/mol. The average Bonchev–Trinajstić information content (AvgIpc) is 2.11. The molecule has 0 spiro atoms. The summed E-state index contributed by atoms with van der Waals surface area (Å²) in [7, 11) is 2.23. The second-order valence-corrected chi connectivity index (χ2v) is 4.56. The minimum absolute atomic E-state index is 0.347.